The van der Waals surface area contributed by atoms with Crippen molar-refractivity contribution in [2.75, 3.05) is 24.9 Å². The summed E-state index contributed by atoms with van der Waals surface area (Å²) in [6.45, 7) is 0. The van der Waals surface area contributed by atoms with Crippen molar-refractivity contribution in [2.45, 2.75) is 0 Å². The van der Waals surface area contributed by atoms with Crippen LogP contribution in [0.25, 0.3) is 11.0 Å². The smallest absolute Gasteiger partial charge is 0.291 e. The lowest BCUT2D eigenvalue weighted by Crippen LogP contribution is -2.35. The zero-order valence-corrected chi connectivity index (χ0v) is 20.4. The molecule has 0 spiro atoms. The number of anilines is 2. The molecule has 8 nitrogen and oxygen atoms in total. The van der Waals surface area contributed by atoms with E-state index in [9.17, 15) is 27.2 Å². The number of amides is 2. The van der Waals surface area contributed by atoms with Crippen molar-refractivity contribution in [1.29, 1.82) is 0 Å². The SMILES string of the molecule is COc1cc(NC(=S)NC(=O)c2c(F)c(F)c(OC)c(F)c2F)ccc1NC(=O)c1cc2ccccc2o1. The van der Waals surface area contributed by atoms with Crippen molar-refractivity contribution in [3.8, 4) is 11.5 Å². The molecule has 3 N–H and O–H groups in total. The van der Waals surface area contributed by atoms with Gasteiger partial charge in [0.1, 0.15) is 16.9 Å². The second kappa shape index (κ2) is 10.8. The molecule has 13 heteroatoms. The molecule has 0 aliphatic rings. The second-order valence-corrected chi connectivity index (χ2v) is 8.00. The lowest BCUT2D eigenvalue weighted by molar-refractivity contribution is 0.0964. The van der Waals surface area contributed by atoms with Crippen molar-refractivity contribution in [3.05, 3.63) is 83.1 Å². The predicted molar refractivity (Wildman–Crippen MR) is 134 cm³/mol. The molecule has 0 unspecified atom stereocenters. The van der Waals surface area contributed by atoms with Gasteiger partial charge in [-0.2, -0.15) is 8.78 Å². The average molecular weight is 547 g/mol. The van der Waals surface area contributed by atoms with E-state index in [1.807, 2.05) is 11.4 Å². The highest BCUT2D eigenvalue weighted by atomic mass is 32.1. The van der Waals surface area contributed by atoms with E-state index in [0.29, 0.717) is 5.58 Å². The van der Waals surface area contributed by atoms with Gasteiger partial charge in [0.2, 0.25) is 11.6 Å². The van der Waals surface area contributed by atoms with Crippen LogP contribution in [0.1, 0.15) is 20.9 Å². The first-order chi connectivity index (χ1) is 18.1. The van der Waals surface area contributed by atoms with Gasteiger partial charge >= 0.3 is 0 Å². The van der Waals surface area contributed by atoms with Crippen molar-refractivity contribution < 1.29 is 41.0 Å². The Morgan fingerprint density at radius 1 is 0.842 bits per heavy atom. The van der Waals surface area contributed by atoms with E-state index in [-0.39, 0.29) is 22.9 Å². The maximum Gasteiger partial charge on any atom is 0.291 e. The molecule has 0 saturated carbocycles. The molecule has 0 aliphatic carbocycles. The standard InChI is InChI=1S/C25H17F4N3O5S/c1-35-15-10-12(7-8-13(15)31-23(33)16-9-11-5-3-4-6-14(11)37-16)30-25(38)32-24(34)17-18(26)20(28)22(36-2)21(29)19(17)27/h3-10H,1-2H3,(H,31,33)(H2,30,32,34,38). The number of hydrogen-bond acceptors (Lipinski definition) is 6. The highest BCUT2D eigenvalue weighted by Gasteiger charge is 2.30. The predicted octanol–water partition coefficient (Wildman–Crippen LogP) is 5.39. The van der Waals surface area contributed by atoms with Gasteiger partial charge in [0.15, 0.2) is 28.3 Å². The summed E-state index contributed by atoms with van der Waals surface area (Å²) >= 11 is 4.97. The Bertz CT molecular complexity index is 1530. The number of benzene rings is 3. The minimum absolute atomic E-state index is 0.0743. The van der Waals surface area contributed by atoms with E-state index in [4.69, 9.17) is 21.4 Å². The Hall–Kier alpha value is -4.65. The largest absolute Gasteiger partial charge is 0.494 e. The number of thiocarbonyl (C=S) groups is 1. The van der Waals surface area contributed by atoms with Gasteiger partial charge in [-0.3, -0.25) is 14.9 Å². The highest BCUT2D eigenvalue weighted by Crippen LogP contribution is 2.31. The summed E-state index contributed by atoms with van der Waals surface area (Å²) in [5.41, 5.74) is -0.473. The number of methoxy groups -OCH3 is 2. The van der Waals surface area contributed by atoms with Crippen LogP contribution >= 0.6 is 12.2 Å². The lowest BCUT2D eigenvalue weighted by Gasteiger charge is -2.14. The number of furan rings is 1. The zero-order chi connectivity index (χ0) is 27.6. The molecule has 0 bridgehead atoms. The third kappa shape index (κ3) is 5.09. The van der Waals surface area contributed by atoms with Crippen molar-refractivity contribution in [2.24, 2.45) is 0 Å². The summed E-state index contributed by atoms with van der Waals surface area (Å²) in [6.07, 6.45) is 0. The summed E-state index contributed by atoms with van der Waals surface area (Å²) in [6, 6.07) is 13.0. The minimum atomic E-state index is -1.95. The molecule has 1 heterocycles. The van der Waals surface area contributed by atoms with Crippen LogP contribution in [-0.2, 0) is 0 Å². The molecule has 2 amide bonds. The molecule has 0 aliphatic heterocycles. The van der Waals surface area contributed by atoms with Crippen molar-refractivity contribution >= 4 is 51.5 Å². The van der Waals surface area contributed by atoms with Crippen LogP contribution in [0.15, 0.2) is 52.9 Å². The normalized spacial score (nSPS) is 10.7. The lowest BCUT2D eigenvalue weighted by atomic mass is 10.1. The van der Waals surface area contributed by atoms with Gasteiger partial charge in [-0.05, 0) is 36.5 Å². The molecule has 1 aromatic heterocycles. The van der Waals surface area contributed by atoms with E-state index in [0.717, 1.165) is 12.5 Å². The maximum atomic E-state index is 14.2. The number of para-hydroxylation sites is 1. The van der Waals surface area contributed by atoms with Crippen LogP contribution in [0.3, 0.4) is 0 Å². The Labute approximate surface area is 217 Å². The fourth-order valence-corrected chi connectivity index (χ4v) is 3.68. The summed E-state index contributed by atoms with van der Waals surface area (Å²) in [5, 5.41) is 7.46. The number of carbonyl (C=O) groups excluding carboxylic acids is 2. The topological polar surface area (TPSA) is 102 Å². The fraction of sp³-hybridized carbons (Fsp3) is 0.0800. The van der Waals surface area contributed by atoms with Crippen LogP contribution in [0.4, 0.5) is 28.9 Å². The fourth-order valence-electron chi connectivity index (χ4n) is 3.47. The first-order valence-corrected chi connectivity index (χ1v) is 11.1. The van der Waals surface area contributed by atoms with E-state index in [1.54, 1.807) is 24.3 Å². The van der Waals surface area contributed by atoms with E-state index in [1.165, 1.54) is 25.3 Å². The van der Waals surface area contributed by atoms with E-state index in [2.05, 4.69) is 15.4 Å². The van der Waals surface area contributed by atoms with Crippen LogP contribution < -0.4 is 25.4 Å². The van der Waals surface area contributed by atoms with Gasteiger partial charge in [0.25, 0.3) is 11.8 Å². The van der Waals surface area contributed by atoms with Gasteiger partial charge in [0, 0.05) is 17.1 Å². The molecule has 4 rings (SSSR count). The Balaban J connectivity index is 1.47. The van der Waals surface area contributed by atoms with Gasteiger partial charge in [-0.15, -0.1) is 0 Å². The van der Waals surface area contributed by atoms with Gasteiger partial charge in [-0.25, -0.2) is 8.78 Å². The number of ether oxygens (including phenoxy) is 2. The van der Waals surface area contributed by atoms with E-state index < -0.39 is 51.5 Å². The van der Waals surface area contributed by atoms with Crippen LogP contribution in [-0.4, -0.2) is 31.1 Å². The molecular weight excluding hydrogens is 530 g/mol. The van der Waals surface area contributed by atoms with Gasteiger partial charge < -0.3 is 24.5 Å². The molecule has 196 valence electrons. The second-order valence-electron chi connectivity index (χ2n) is 7.59. The molecule has 0 fully saturated rings. The Kier molecular flexibility index (Phi) is 7.48. The Morgan fingerprint density at radius 3 is 2.16 bits per heavy atom. The number of nitrogens with one attached hydrogen (secondary N) is 3. The molecule has 3 aromatic carbocycles. The molecule has 0 radical (unpaired) electrons. The quantitative estimate of drug-likeness (QED) is 0.169. The molecular formula is C25H17F4N3O5S. The highest BCUT2D eigenvalue weighted by molar-refractivity contribution is 7.80. The summed E-state index contributed by atoms with van der Waals surface area (Å²) in [7, 11) is 2.15. The average Bonchev–Trinajstić information content (AvgIpc) is 3.33. The third-order valence-corrected chi connectivity index (χ3v) is 5.44. The minimum Gasteiger partial charge on any atom is -0.494 e. The third-order valence-electron chi connectivity index (χ3n) is 5.24. The first-order valence-electron chi connectivity index (χ1n) is 10.6. The maximum absolute atomic E-state index is 14.2. The summed E-state index contributed by atoms with van der Waals surface area (Å²) in [5.74, 6) is -10.8. The number of fused-ring (bicyclic) bond motifs is 1. The number of rotatable bonds is 6. The Morgan fingerprint density at radius 2 is 1.53 bits per heavy atom. The van der Waals surface area contributed by atoms with Crippen LogP contribution in [0, 0.1) is 23.3 Å². The monoisotopic (exact) mass is 547 g/mol. The molecule has 4 aromatic rings. The van der Waals surface area contributed by atoms with Crippen LogP contribution in [0.5, 0.6) is 11.5 Å². The first kappa shape index (κ1) is 26.4. The van der Waals surface area contributed by atoms with Crippen molar-refractivity contribution in [3.63, 3.8) is 0 Å². The number of hydrogen-bond donors (Lipinski definition) is 3. The summed E-state index contributed by atoms with van der Waals surface area (Å²) in [4.78, 5) is 25.0. The van der Waals surface area contributed by atoms with Gasteiger partial charge in [-0.1, -0.05) is 18.2 Å². The number of carbonyl (C=O) groups is 2. The zero-order valence-electron chi connectivity index (χ0n) is 19.6. The molecule has 0 saturated heterocycles. The van der Waals surface area contributed by atoms with Crippen LogP contribution in [0.2, 0.25) is 0 Å². The number of halogens is 4. The molecule has 0 atom stereocenters. The molecule has 38 heavy (non-hydrogen) atoms. The van der Waals surface area contributed by atoms with E-state index >= 15 is 0 Å². The van der Waals surface area contributed by atoms with Crippen molar-refractivity contribution in [1.82, 2.24) is 5.32 Å². The van der Waals surface area contributed by atoms with Gasteiger partial charge in [0.05, 0.1) is 19.9 Å². The summed E-state index contributed by atoms with van der Waals surface area (Å²) < 4.78 is 71.4.